The molecule has 2 aromatic rings. The summed E-state index contributed by atoms with van der Waals surface area (Å²) in [6, 6.07) is 15.0. The lowest BCUT2D eigenvalue weighted by molar-refractivity contribution is -0.129. The van der Waals surface area contributed by atoms with Crippen molar-refractivity contribution in [3.05, 3.63) is 59.1 Å². The van der Waals surface area contributed by atoms with E-state index in [1.54, 1.807) is 12.1 Å². The molecular formula is C23H28ClNO3. The van der Waals surface area contributed by atoms with Gasteiger partial charge in [-0.2, -0.15) is 0 Å². The molecule has 2 atom stereocenters. The fraction of sp³-hybridized carbons (Fsp3) is 0.435. The molecule has 0 radical (unpaired) electrons. The quantitative estimate of drug-likeness (QED) is 0.647. The molecule has 1 amide bonds. The van der Waals surface area contributed by atoms with E-state index in [1.165, 1.54) is 0 Å². The number of halogens is 1. The first-order valence-electron chi connectivity index (χ1n) is 10.0. The Morgan fingerprint density at radius 2 is 1.96 bits per heavy atom. The summed E-state index contributed by atoms with van der Waals surface area (Å²) in [5.41, 5.74) is 0.757. The molecule has 1 heterocycles. The first-order valence-corrected chi connectivity index (χ1v) is 10.4. The Bertz CT molecular complexity index is 819. The summed E-state index contributed by atoms with van der Waals surface area (Å²) in [5.74, 6) is 1.33. The Hall–Kier alpha value is -2.20. The molecule has 0 aliphatic carbocycles. The van der Waals surface area contributed by atoms with Gasteiger partial charge in [-0.1, -0.05) is 56.6 Å². The number of amides is 1. The maximum atomic E-state index is 13.0. The highest BCUT2D eigenvalue weighted by atomic mass is 35.5. The van der Waals surface area contributed by atoms with E-state index < -0.39 is 6.10 Å². The number of ether oxygens (including phenoxy) is 2. The van der Waals surface area contributed by atoms with Crippen LogP contribution in [0.5, 0.6) is 11.5 Å². The normalized spacial score (nSPS) is 18.5. The van der Waals surface area contributed by atoms with Crippen LogP contribution in [0, 0.1) is 0 Å². The van der Waals surface area contributed by atoms with Gasteiger partial charge in [-0.05, 0) is 43.5 Å². The lowest BCUT2D eigenvalue weighted by atomic mass is 9.83. The minimum Gasteiger partial charge on any atom is -0.487 e. The second-order valence-electron chi connectivity index (χ2n) is 7.27. The fourth-order valence-electron chi connectivity index (χ4n) is 3.72. The van der Waals surface area contributed by atoms with Gasteiger partial charge in [-0.3, -0.25) is 4.79 Å². The highest BCUT2D eigenvalue weighted by Crippen LogP contribution is 2.42. The number of benzene rings is 2. The van der Waals surface area contributed by atoms with Gasteiger partial charge in [0.05, 0.1) is 6.04 Å². The number of carbonyl (C=O) groups is 1. The van der Waals surface area contributed by atoms with Crippen molar-refractivity contribution >= 4 is 17.5 Å². The topological polar surface area (TPSA) is 47.6 Å². The van der Waals surface area contributed by atoms with Gasteiger partial charge < -0.3 is 14.8 Å². The lowest BCUT2D eigenvalue weighted by Gasteiger charge is -2.42. The van der Waals surface area contributed by atoms with E-state index in [-0.39, 0.29) is 17.6 Å². The van der Waals surface area contributed by atoms with Crippen LogP contribution in [0.2, 0.25) is 5.02 Å². The summed E-state index contributed by atoms with van der Waals surface area (Å²) in [5, 5.41) is 3.79. The average Bonchev–Trinajstić information content (AvgIpc) is 2.71. The minimum atomic E-state index is -0.578. The van der Waals surface area contributed by atoms with Crippen LogP contribution in [0.1, 0.15) is 58.1 Å². The predicted octanol–water partition coefficient (Wildman–Crippen LogP) is 5.70. The second kappa shape index (κ2) is 8.87. The zero-order valence-corrected chi connectivity index (χ0v) is 17.5. The highest BCUT2D eigenvalue weighted by Gasteiger charge is 2.39. The van der Waals surface area contributed by atoms with Crippen LogP contribution in [0.3, 0.4) is 0 Å². The van der Waals surface area contributed by atoms with Crippen molar-refractivity contribution in [2.24, 2.45) is 0 Å². The van der Waals surface area contributed by atoms with E-state index in [0.29, 0.717) is 17.2 Å². The number of carbonyl (C=O) groups excluding carboxylic acids is 1. The number of nitrogens with one attached hydrogen (secondary N) is 1. The van der Waals surface area contributed by atoms with E-state index >= 15 is 0 Å². The van der Waals surface area contributed by atoms with Gasteiger partial charge in [0, 0.05) is 17.0 Å². The molecular weight excluding hydrogens is 374 g/mol. The molecule has 1 aliphatic heterocycles. The van der Waals surface area contributed by atoms with Crippen LogP contribution in [0.4, 0.5) is 0 Å². The zero-order valence-electron chi connectivity index (χ0n) is 16.7. The summed E-state index contributed by atoms with van der Waals surface area (Å²) in [7, 11) is 0. The molecule has 150 valence electrons. The third-order valence-electron chi connectivity index (χ3n) is 5.54. The zero-order chi connectivity index (χ0) is 20.1. The first kappa shape index (κ1) is 20.5. The smallest absolute Gasteiger partial charge is 0.261 e. The van der Waals surface area contributed by atoms with Crippen LogP contribution in [-0.4, -0.2) is 17.6 Å². The molecule has 1 aliphatic rings. The van der Waals surface area contributed by atoms with Crippen LogP contribution in [0.15, 0.2) is 48.5 Å². The lowest BCUT2D eigenvalue weighted by Crippen LogP contribution is -2.47. The van der Waals surface area contributed by atoms with Gasteiger partial charge in [0.25, 0.3) is 5.91 Å². The summed E-state index contributed by atoms with van der Waals surface area (Å²) in [4.78, 5) is 13.0. The molecule has 0 bridgehead atoms. The number of rotatable bonds is 7. The van der Waals surface area contributed by atoms with E-state index in [1.807, 2.05) is 43.3 Å². The van der Waals surface area contributed by atoms with Gasteiger partial charge in [0.15, 0.2) is 6.10 Å². The van der Waals surface area contributed by atoms with Crippen molar-refractivity contribution in [2.75, 3.05) is 0 Å². The highest BCUT2D eigenvalue weighted by molar-refractivity contribution is 6.30. The molecule has 0 saturated heterocycles. The largest absolute Gasteiger partial charge is 0.487 e. The van der Waals surface area contributed by atoms with Crippen molar-refractivity contribution in [1.29, 1.82) is 0 Å². The van der Waals surface area contributed by atoms with Crippen molar-refractivity contribution < 1.29 is 14.3 Å². The van der Waals surface area contributed by atoms with E-state index in [9.17, 15) is 4.79 Å². The standard InChI is InChI=1S/C23H28ClNO3/c1-4-20(27-17-11-9-10-16(24)14-17)22(26)25-19-15-23(5-2,6-3)28-21-13-8-7-12-18(19)21/h7-14,19-20H,4-6,15H2,1-3H3,(H,25,26). The van der Waals surface area contributed by atoms with Crippen LogP contribution in [-0.2, 0) is 4.79 Å². The molecule has 0 spiro atoms. The van der Waals surface area contributed by atoms with E-state index in [0.717, 1.165) is 30.6 Å². The third-order valence-corrected chi connectivity index (χ3v) is 5.77. The summed E-state index contributed by atoms with van der Waals surface area (Å²) in [6.07, 6.45) is 2.51. The molecule has 28 heavy (non-hydrogen) atoms. The molecule has 2 unspecified atom stereocenters. The van der Waals surface area contributed by atoms with Crippen molar-refractivity contribution in [2.45, 2.75) is 64.2 Å². The Morgan fingerprint density at radius 3 is 2.64 bits per heavy atom. The second-order valence-corrected chi connectivity index (χ2v) is 7.70. The summed E-state index contributed by atoms with van der Waals surface area (Å²) in [6.45, 7) is 6.20. The molecule has 3 rings (SSSR count). The Balaban J connectivity index is 1.79. The van der Waals surface area contributed by atoms with Crippen LogP contribution >= 0.6 is 11.6 Å². The Kier molecular flexibility index (Phi) is 6.50. The van der Waals surface area contributed by atoms with Crippen LogP contribution < -0.4 is 14.8 Å². The molecule has 5 heteroatoms. The van der Waals surface area contributed by atoms with Gasteiger partial charge in [-0.15, -0.1) is 0 Å². The maximum Gasteiger partial charge on any atom is 0.261 e. The summed E-state index contributed by atoms with van der Waals surface area (Å²) >= 11 is 6.03. The number of hydrogen-bond donors (Lipinski definition) is 1. The number of para-hydroxylation sites is 1. The SMILES string of the molecule is CCC(Oc1cccc(Cl)c1)C(=O)NC1CC(CC)(CC)Oc2ccccc21. The van der Waals surface area contributed by atoms with Gasteiger partial charge in [0.2, 0.25) is 0 Å². The van der Waals surface area contributed by atoms with Crippen molar-refractivity contribution in [3.63, 3.8) is 0 Å². The molecule has 2 aromatic carbocycles. The molecule has 1 N–H and O–H groups in total. The number of fused-ring (bicyclic) bond motifs is 1. The third kappa shape index (κ3) is 4.44. The van der Waals surface area contributed by atoms with E-state index in [2.05, 4.69) is 19.2 Å². The van der Waals surface area contributed by atoms with Gasteiger partial charge in [0.1, 0.15) is 17.1 Å². The maximum absolute atomic E-state index is 13.0. The minimum absolute atomic E-state index is 0.102. The fourth-order valence-corrected chi connectivity index (χ4v) is 3.90. The Morgan fingerprint density at radius 1 is 1.21 bits per heavy atom. The Labute approximate surface area is 172 Å². The first-order chi connectivity index (χ1) is 13.5. The van der Waals surface area contributed by atoms with Gasteiger partial charge >= 0.3 is 0 Å². The molecule has 0 aromatic heterocycles. The average molecular weight is 402 g/mol. The predicted molar refractivity (Wildman–Crippen MR) is 112 cm³/mol. The summed E-state index contributed by atoms with van der Waals surface area (Å²) < 4.78 is 12.2. The van der Waals surface area contributed by atoms with E-state index in [4.69, 9.17) is 21.1 Å². The molecule has 0 fully saturated rings. The van der Waals surface area contributed by atoms with Crippen molar-refractivity contribution in [3.8, 4) is 11.5 Å². The monoisotopic (exact) mass is 401 g/mol. The molecule has 4 nitrogen and oxygen atoms in total. The van der Waals surface area contributed by atoms with Gasteiger partial charge in [-0.25, -0.2) is 0 Å². The molecule has 0 saturated carbocycles. The van der Waals surface area contributed by atoms with Crippen LogP contribution in [0.25, 0.3) is 0 Å². The number of hydrogen-bond acceptors (Lipinski definition) is 3. The van der Waals surface area contributed by atoms with Crippen molar-refractivity contribution in [1.82, 2.24) is 5.32 Å².